The number of alkyl halides is 3. The molecule has 5 heteroatoms. The largest absolute Gasteiger partial charge is 0.416 e. The van der Waals surface area contributed by atoms with Crippen molar-refractivity contribution in [2.45, 2.75) is 50.4 Å². The predicted octanol–water partition coefficient (Wildman–Crippen LogP) is 3.82. The molecule has 1 N–H and O–H groups in total. The maximum atomic E-state index is 12.6. The summed E-state index contributed by atoms with van der Waals surface area (Å²) >= 11 is 0. The average Bonchev–Trinajstić information content (AvgIpc) is 3.29. The molecular weight excluding hydrogens is 277 g/mol. The molecule has 0 amide bonds. The zero-order valence-electron chi connectivity index (χ0n) is 12.0. The molecule has 0 spiro atoms. The number of nitrogens with zero attached hydrogens (tertiary/aromatic N) is 1. The fraction of sp³-hybridized carbons (Fsp3) is 0.625. The van der Waals surface area contributed by atoms with Gasteiger partial charge in [0, 0.05) is 30.9 Å². The first-order chi connectivity index (χ1) is 10.0. The van der Waals surface area contributed by atoms with Crippen LogP contribution in [0.1, 0.15) is 37.7 Å². The first-order valence-electron chi connectivity index (χ1n) is 7.71. The Morgan fingerprint density at radius 2 is 1.76 bits per heavy atom. The van der Waals surface area contributed by atoms with Crippen molar-refractivity contribution in [3.8, 4) is 0 Å². The van der Waals surface area contributed by atoms with Gasteiger partial charge in [-0.2, -0.15) is 13.2 Å². The first-order valence-corrected chi connectivity index (χ1v) is 7.71. The van der Waals surface area contributed by atoms with Crippen molar-refractivity contribution in [2.75, 3.05) is 18.0 Å². The Kier molecular flexibility index (Phi) is 4.11. The van der Waals surface area contributed by atoms with Crippen molar-refractivity contribution in [2.24, 2.45) is 0 Å². The second-order valence-electron chi connectivity index (χ2n) is 6.07. The maximum Gasteiger partial charge on any atom is 0.416 e. The molecule has 1 heterocycles. The van der Waals surface area contributed by atoms with E-state index in [9.17, 15) is 13.2 Å². The third-order valence-electron chi connectivity index (χ3n) is 4.37. The van der Waals surface area contributed by atoms with Gasteiger partial charge in [-0.25, -0.2) is 0 Å². The molecule has 1 saturated carbocycles. The lowest BCUT2D eigenvalue weighted by molar-refractivity contribution is -0.137. The van der Waals surface area contributed by atoms with Crippen molar-refractivity contribution in [1.82, 2.24) is 5.32 Å². The normalized spacial score (nSPS) is 23.4. The van der Waals surface area contributed by atoms with Gasteiger partial charge in [0.05, 0.1) is 5.56 Å². The van der Waals surface area contributed by atoms with Gasteiger partial charge >= 0.3 is 6.18 Å². The Morgan fingerprint density at radius 1 is 1.05 bits per heavy atom. The van der Waals surface area contributed by atoms with E-state index in [1.165, 1.54) is 31.4 Å². The third kappa shape index (κ3) is 3.70. The lowest BCUT2D eigenvalue weighted by Gasteiger charge is -2.38. The second kappa shape index (κ2) is 5.87. The number of benzene rings is 1. The minimum absolute atomic E-state index is 0.399. The highest BCUT2D eigenvalue weighted by Gasteiger charge is 2.31. The molecule has 116 valence electrons. The van der Waals surface area contributed by atoms with Crippen molar-refractivity contribution in [1.29, 1.82) is 0 Å². The number of anilines is 1. The van der Waals surface area contributed by atoms with Crippen LogP contribution in [0, 0.1) is 0 Å². The number of hydrogen-bond acceptors (Lipinski definition) is 2. The predicted molar refractivity (Wildman–Crippen MR) is 77.5 cm³/mol. The van der Waals surface area contributed by atoms with E-state index in [1.807, 2.05) is 0 Å². The number of nitrogens with one attached hydrogen (secondary N) is 1. The van der Waals surface area contributed by atoms with Crippen molar-refractivity contribution < 1.29 is 13.2 Å². The van der Waals surface area contributed by atoms with Crippen LogP contribution in [0.5, 0.6) is 0 Å². The Labute approximate surface area is 123 Å². The van der Waals surface area contributed by atoms with Gasteiger partial charge in [0.2, 0.25) is 0 Å². The summed E-state index contributed by atoms with van der Waals surface area (Å²) in [7, 11) is 0. The zero-order chi connectivity index (χ0) is 14.9. The molecule has 1 saturated heterocycles. The molecule has 3 rings (SSSR count). The van der Waals surface area contributed by atoms with Crippen LogP contribution in [0.3, 0.4) is 0 Å². The highest BCUT2D eigenvalue weighted by molar-refractivity contribution is 5.49. The van der Waals surface area contributed by atoms with E-state index < -0.39 is 11.7 Å². The molecule has 1 atom stereocenters. The molecule has 1 aromatic carbocycles. The fourth-order valence-electron chi connectivity index (χ4n) is 2.98. The Bertz CT molecular complexity index is 465. The zero-order valence-corrected chi connectivity index (χ0v) is 12.0. The molecule has 2 nitrogen and oxygen atoms in total. The number of halogens is 3. The molecule has 2 fully saturated rings. The summed E-state index contributed by atoms with van der Waals surface area (Å²) in [5.74, 6) is 0. The van der Waals surface area contributed by atoms with E-state index in [-0.39, 0.29) is 0 Å². The summed E-state index contributed by atoms with van der Waals surface area (Å²) in [6.07, 6.45) is 1.68. The molecule has 0 bridgehead atoms. The van der Waals surface area contributed by atoms with E-state index in [0.29, 0.717) is 12.1 Å². The van der Waals surface area contributed by atoms with E-state index in [0.717, 1.165) is 31.6 Å². The standard InChI is InChI=1S/C16H21F3N2/c17-16(18,19)12-4-8-14(9-5-12)21-10-2-1-3-15(21)11-20-13-6-7-13/h4-5,8-9,13,15,20H,1-3,6-7,10-11H2. The second-order valence-corrected chi connectivity index (χ2v) is 6.07. The molecular formula is C16H21F3N2. The van der Waals surface area contributed by atoms with Gasteiger partial charge in [-0.05, 0) is 56.4 Å². The molecule has 1 aromatic rings. The van der Waals surface area contributed by atoms with Crippen LogP contribution < -0.4 is 10.2 Å². The molecule has 1 unspecified atom stereocenters. The lowest BCUT2D eigenvalue weighted by atomic mass is 10.0. The molecule has 1 aliphatic heterocycles. The van der Waals surface area contributed by atoms with E-state index in [2.05, 4.69) is 10.2 Å². The van der Waals surface area contributed by atoms with Crippen LogP contribution in [0.2, 0.25) is 0 Å². The van der Waals surface area contributed by atoms with Crippen LogP contribution in [0.4, 0.5) is 18.9 Å². The summed E-state index contributed by atoms with van der Waals surface area (Å²) in [5.41, 5.74) is 0.334. The highest BCUT2D eigenvalue weighted by atomic mass is 19.4. The van der Waals surface area contributed by atoms with Crippen LogP contribution >= 0.6 is 0 Å². The van der Waals surface area contributed by atoms with E-state index in [1.54, 1.807) is 12.1 Å². The fourth-order valence-corrected chi connectivity index (χ4v) is 2.98. The summed E-state index contributed by atoms with van der Waals surface area (Å²) in [5, 5.41) is 3.54. The van der Waals surface area contributed by atoms with E-state index >= 15 is 0 Å². The van der Waals surface area contributed by atoms with E-state index in [4.69, 9.17) is 0 Å². The monoisotopic (exact) mass is 298 g/mol. The Hall–Kier alpha value is -1.23. The van der Waals surface area contributed by atoms with Gasteiger partial charge < -0.3 is 10.2 Å². The Morgan fingerprint density at radius 3 is 2.38 bits per heavy atom. The van der Waals surface area contributed by atoms with Crippen molar-refractivity contribution >= 4 is 5.69 Å². The summed E-state index contributed by atoms with van der Waals surface area (Å²) in [6.45, 7) is 1.87. The first kappa shape index (κ1) is 14.7. The minimum Gasteiger partial charge on any atom is -0.367 e. The van der Waals surface area contributed by atoms with Crippen molar-refractivity contribution in [3.05, 3.63) is 29.8 Å². The molecule has 2 aliphatic rings. The topological polar surface area (TPSA) is 15.3 Å². The average molecular weight is 298 g/mol. The van der Waals surface area contributed by atoms with Gasteiger partial charge in [-0.3, -0.25) is 0 Å². The molecule has 21 heavy (non-hydrogen) atoms. The third-order valence-corrected chi connectivity index (χ3v) is 4.37. The maximum absolute atomic E-state index is 12.6. The molecule has 1 aliphatic carbocycles. The molecule has 0 radical (unpaired) electrons. The lowest BCUT2D eigenvalue weighted by Crippen LogP contribution is -2.46. The van der Waals surface area contributed by atoms with Gasteiger partial charge in [-0.1, -0.05) is 0 Å². The van der Waals surface area contributed by atoms with Gasteiger partial charge in [0.25, 0.3) is 0 Å². The number of piperidine rings is 1. The van der Waals surface area contributed by atoms with Crippen LogP contribution in [0.15, 0.2) is 24.3 Å². The smallest absolute Gasteiger partial charge is 0.367 e. The van der Waals surface area contributed by atoms with Crippen LogP contribution in [-0.4, -0.2) is 25.2 Å². The quantitative estimate of drug-likeness (QED) is 0.909. The highest BCUT2D eigenvalue weighted by Crippen LogP contribution is 2.32. The molecule has 0 aromatic heterocycles. The number of hydrogen-bond donors (Lipinski definition) is 1. The van der Waals surface area contributed by atoms with Crippen LogP contribution in [-0.2, 0) is 6.18 Å². The summed E-state index contributed by atoms with van der Waals surface area (Å²) < 4.78 is 37.9. The van der Waals surface area contributed by atoms with Crippen molar-refractivity contribution in [3.63, 3.8) is 0 Å². The van der Waals surface area contributed by atoms with Gasteiger partial charge in [-0.15, -0.1) is 0 Å². The SMILES string of the molecule is FC(F)(F)c1ccc(N2CCCCC2CNC2CC2)cc1. The summed E-state index contributed by atoms with van der Waals surface area (Å²) in [4.78, 5) is 2.26. The summed E-state index contributed by atoms with van der Waals surface area (Å²) in [6, 6.07) is 6.67. The number of rotatable bonds is 4. The minimum atomic E-state index is -4.26. The van der Waals surface area contributed by atoms with Crippen LogP contribution in [0.25, 0.3) is 0 Å². The van der Waals surface area contributed by atoms with Gasteiger partial charge in [0.15, 0.2) is 0 Å². The Balaban J connectivity index is 1.69. The van der Waals surface area contributed by atoms with Gasteiger partial charge in [0.1, 0.15) is 0 Å².